The number of rotatable bonds is 3. The number of carbonyl (C=O) groups is 2. The topological polar surface area (TPSA) is 49.4 Å². The molecule has 9 heteroatoms. The van der Waals surface area contributed by atoms with Crippen LogP contribution in [0.5, 0.6) is 0 Å². The molecule has 0 aromatic heterocycles. The van der Waals surface area contributed by atoms with Crippen molar-refractivity contribution in [3.05, 3.63) is 35.4 Å². The van der Waals surface area contributed by atoms with Crippen molar-refractivity contribution in [2.75, 3.05) is 13.1 Å². The fraction of sp³-hybridized carbons (Fsp3) is 0.500. The Morgan fingerprint density at radius 3 is 2.56 bits per heavy atom. The summed E-state index contributed by atoms with van der Waals surface area (Å²) in [7, 11) is 0. The zero-order chi connectivity index (χ0) is 18.8. The Labute approximate surface area is 141 Å². The van der Waals surface area contributed by atoms with Gasteiger partial charge in [-0.15, -0.1) is 0 Å². The Morgan fingerprint density at radius 1 is 1.28 bits per heavy atom. The molecule has 0 saturated carbocycles. The van der Waals surface area contributed by atoms with Crippen molar-refractivity contribution in [3.63, 3.8) is 0 Å². The van der Waals surface area contributed by atoms with E-state index in [1.165, 1.54) is 12.1 Å². The first kappa shape index (κ1) is 19.1. The molecule has 0 aliphatic carbocycles. The predicted molar refractivity (Wildman–Crippen MR) is 78.6 cm³/mol. The molecule has 1 saturated heterocycles. The largest absolute Gasteiger partial charge is 0.406 e. The van der Waals surface area contributed by atoms with Crippen molar-refractivity contribution < 1.29 is 31.5 Å². The fourth-order valence-corrected chi connectivity index (χ4v) is 2.99. The molecule has 1 heterocycles. The van der Waals surface area contributed by atoms with Crippen LogP contribution in [-0.4, -0.2) is 42.0 Å². The first-order valence-electron chi connectivity index (χ1n) is 7.65. The normalized spacial score (nSPS) is 21.8. The van der Waals surface area contributed by atoms with Crippen molar-refractivity contribution in [2.24, 2.45) is 0 Å². The van der Waals surface area contributed by atoms with E-state index in [0.717, 1.165) is 13.0 Å². The van der Waals surface area contributed by atoms with Gasteiger partial charge in [-0.25, -0.2) is 8.78 Å². The van der Waals surface area contributed by atoms with E-state index in [4.69, 9.17) is 0 Å². The SMILES string of the molecule is CC(=O)NC1CC[C@@H](c2cccc(F)c2F)CN(CC(F)(F)F)C1=O. The number of nitrogens with zero attached hydrogens (tertiary/aromatic N) is 1. The van der Waals surface area contributed by atoms with Gasteiger partial charge in [0.25, 0.3) is 0 Å². The average molecular weight is 364 g/mol. The van der Waals surface area contributed by atoms with Gasteiger partial charge in [0.05, 0.1) is 0 Å². The first-order chi connectivity index (χ1) is 11.6. The summed E-state index contributed by atoms with van der Waals surface area (Å²) in [5.74, 6) is -4.48. The quantitative estimate of drug-likeness (QED) is 0.839. The Kier molecular flexibility index (Phi) is 5.64. The lowest BCUT2D eigenvalue weighted by Gasteiger charge is -2.27. The Morgan fingerprint density at radius 2 is 1.96 bits per heavy atom. The lowest BCUT2D eigenvalue weighted by molar-refractivity contribution is -0.162. The summed E-state index contributed by atoms with van der Waals surface area (Å²) < 4.78 is 65.8. The molecule has 0 bridgehead atoms. The number of likely N-dealkylation sites (tertiary alicyclic amines) is 1. The number of hydrogen-bond acceptors (Lipinski definition) is 2. The zero-order valence-electron chi connectivity index (χ0n) is 13.4. The summed E-state index contributed by atoms with van der Waals surface area (Å²) in [4.78, 5) is 24.1. The van der Waals surface area contributed by atoms with Crippen LogP contribution in [-0.2, 0) is 9.59 Å². The number of nitrogens with one attached hydrogen (secondary N) is 1. The number of amides is 2. The van der Waals surface area contributed by atoms with Crippen LogP contribution in [0.1, 0.15) is 31.2 Å². The third-order valence-corrected chi connectivity index (χ3v) is 4.02. The highest BCUT2D eigenvalue weighted by Gasteiger charge is 2.39. The monoisotopic (exact) mass is 364 g/mol. The van der Waals surface area contributed by atoms with E-state index in [9.17, 15) is 31.5 Å². The smallest absolute Gasteiger partial charge is 0.345 e. The molecule has 1 aliphatic heterocycles. The number of hydrogen-bond donors (Lipinski definition) is 1. The van der Waals surface area contributed by atoms with Crippen LogP contribution in [0.15, 0.2) is 18.2 Å². The standard InChI is InChI=1S/C16H17F5N2O2/c1-9(24)22-13-6-5-10(11-3-2-4-12(17)14(11)18)7-23(15(13)25)8-16(19,20)21/h2-4,10,13H,5-8H2,1H3,(H,22,24)/t10-,13?/m1/s1. The molecule has 2 rings (SSSR count). The summed E-state index contributed by atoms with van der Waals surface area (Å²) >= 11 is 0. The van der Waals surface area contributed by atoms with Gasteiger partial charge in [-0.3, -0.25) is 9.59 Å². The summed E-state index contributed by atoms with van der Waals surface area (Å²) in [5.41, 5.74) is -0.0801. The minimum atomic E-state index is -4.65. The second kappa shape index (κ2) is 7.37. The molecular weight excluding hydrogens is 347 g/mol. The molecule has 1 N–H and O–H groups in total. The van der Waals surface area contributed by atoms with Gasteiger partial charge in [0, 0.05) is 19.4 Å². The first-order valence-corrected chi connectivity index (χ1v) is 7.65. The van der Waals surface area contributed by atoms with Gasteiger partial charge in [-0.2, -0.15) is 13.2 Å². The van der Waals surface area contributed by atoms with E-state index in [1.54, 1.807) is 0 Å². The van der Waals surface area contributed by atoms with Gasteiger partial charge in [0.15, 0.2) is 11.6 Å². The van der Waals surface area contributed by atoms with Gasteiger partial charge in [-0.1, -0.05) is 12.1 Å². The summed E-state index contributed by atoms with van der Waals surface area (Å²) in [6.07, 6.45) is -4.48. The summed E-state index contributed by atoms with van der Waals surface area (Å²) in [6.45, 7) is -0.778. The maximum Gasteiger partial charge on any atom is 0.406 e. The van der Waals surface area contributed by atoms with Crippen LogP contribution < -0.4 is 5.32 Å². The number of alkyl halides is 3. The molecule has 1 fully saturated rings. The van der Waals surface area contributed by atoms with Crippen LogP contribution in [0.4, 0.5) is 22.0 Å². The summed E-state index contributed by atoms with van der Waals surface area (Å²) in [6, 6.07) is 2.34. The molecule has 1 aromatic rings. The van der Waals surface area contributed by atoms with Gasteiger partial charge in [0.2, 0.25) is 11.8 Å². The van der Waals surface area contributed by atoms with Crippen LogP contribution in [0, 0.1) is 11.6 Å². The highest BCUT2D eigenvalue weighted by molar-refractivity contribution is 5.87. The highest BCUT2D eigenvalue weighted by atomic mass is 19.4. The molecule has 25 heavy (non-hydrogen) atoms. The molecule has 1 unspecified atom stereocenters. The minimum Gasteiger partial charge on any atom is -0.345 e. The Bertz CT molecular complexity index is 662. The molecule has 1 aliphatic rings. The van der Waals surface area contributed by atoms with E-state index in [-0.39, 0.29) is 18.4 Å². The van der Waals surface area contributed by atoms with Gasteiger partial charge < -0.3 is 10.2 Å². The second-order valence-corrected chi connectivity index (χ2v) is 6.00. The van der Waals surface area contributed by atoms with E-state index in [2.05, 4.69) is 5.32 Å². The van der Waals surface area contributed by atoms with Crippen LogP contribution in [0.3, 0.4) is 0 Å². The second-order valence-electron chi connectivity index (χ2n) is 6.00. The lowest BCUT2D eigenvalue weighted by atomic mass is 9.93. The fourth-order valence-electron chi connectivity index (χ4n) is 2.99. The summed E-state index contributed by atoms with van der Waals surface area (Å²) in [5, 5.41) is 2.32. The Balaban J connectivity index is 2.33. The average Bonchev–Trinajstić information content (AvgIpc) is 2.62. The van der Waals surface area contributed by atoms with Crippen molar-refractivity contribution in [2.45, 2.75) is 37.9 Å². The van der Waals surface area contributed by atoms with Crippen molar-refractivity contribution in [1.29, 1.82) is 0 Å². The third-order valence-electron chi connectivity index (χ3n) is 4.02. The molecule has 4 nitrogen and oxygen atoms in total. The number of carbonyl (C=O) groups excluding carboxylic acids is 2. The molecular formula is C16H17F5N2O2. The van der Waals surface area contributed by atoms with E-state index in [1.807, 2.05) is 0 Å². The van der Waals surface area contributed by atoms with Crippen LogP contribution in [0.25, 0.3) is 0 Å². The third kappa shape index (κ3) is 4.90. The van der Waals surface area contributed by atoms with Crippen LogP contribution in [0.2, 0.25) is 0 Å². The van der Waals surface area contributed by atoms with E-state index in [0.29, 0.717) is 4.90 Å². The van der Waals surface area contributed by atoms with Crippen molar-refractivity contribution >= 4 is 11.8 Å². The van der Waals surface area contributed by atoms with Gasteiger partial charge in [-0.05, 0) is 24.5 Å². The Hall–Kier alpha value is -2.19. The lowest BCUT2D eigenvalue weighted by Crippen LogP contribution is -2.49. The minimum absolute atomic E-state index is 0.0351. The molecule has 2 amide bonds. The van der Waals surface area contributed by atoms with Crippen LogP contribution >= 0.6 is 0 Å². The molecule has 0 radical (unpaired) electrons. The van der Waals surface area contributed by atoms with Gasteiger partial charge >= 0.3 is 6.18 Å². The maximum atomic E-state index is 14.0. The van der Waals surface area contributed by atoms with Crippen molar-refractivity contribution in [3.8, 4) is 0 Å². The number of halogens is 5. The molecule has 138 valence electrons. The molecule has 0 spiro atoms. The molecule has 1 aromatic carbocycles. The molecule has 2 atom stereocenters. The number of benzene rings is 1. The maximum absolute atomic E-state index is 14.0. The van der Waals surface area contributed by atoms with Gasteiger partial charge in [0.1, 0.15) is 12.6 Å². The van der Waals surface area contributed by atoms with Crippen molar-refractivity contribution in [1.82, 2.24) is 10.2 Å². The zero-order valence-corrected chi connectivity index (χ0v) is 13.4. The van der Waals surface area contributed by atoms with E-state index < -0.39 is 54.7 Å². The van der Waals surface area contributed by atoms with E-state index >= 15 is 0 Å². The highest BCUT2D eigenvalue weighted by Crippen LogP contribution is 2.31. The predicted octanol–water partition coefficient (Wildman–Crippen LogP) is 2.74.